The maximum absolute atomic E-state index is 12.5. The van der Waals surface area contributed by atoms with E-state index >= 15 is 0 Å². The molecule has 1 saturated carbocycles. The predicted octanol–water partition coefficient (Wildman–Crippen LogP) is 4.38. The monoisotopic (exact) mass is 376 g/mol. The fourth-order valence-corrected chi connectivity index (χ4v) is 3.94. The van der Waals surface area contributed by atoms with Gasteiger partial charge in [-0.3, -0.25) is 4.79 Å². The number of imidazole rings is 1. The van der Waals surface area contributed by atoms with Gasteiger partial charge in [0.25, 0.3) is 5.91 Å². The van der Waals surface area contributed by atoms with Crippen LogP contribution < -0.4 is 10.2 Å². The Morgan fingerprint density at radius 2 is 1.75 bits per heavy atom. The van der Waals surface area contributed by atoms with Crippen molar-refractivity contribution >= 4 is 17.2 Å². The van der Waals surface area contributed by atoms with Gasteiger partial charge in [0.2, 0.25) is 0 Å². The number of nitrogens with one attached hydrogen (secondary N) is 1. The highest BCUT2D eigenvalue weighted by molar-refractivity contribution is 5.92. The number of carbonyl (C=O) groups excluding carboxylic acids is 1. The van der Waals surface area contributed by atoms with Crippen LogP contribution in [0.4, 0.5) is 5.69 Å². The molecule has 0 bridgehead atoms. The van der Waals surface area contributed by atoms with Gasteiger partial charge < -0.3 is 14.6 Å². The van der Waals surface area contributed by atoms with Crippen molar-refractivity contribution in [3.8, 4) is 11.1 Å². The van der Waals surface area contributed by atoms with E-state index in [2.05, 4.69) is 45.5 Å². The van der Waals surface area contributed by atoms with Gasteiger partial charge in [-0.2, -0.15) is 0 Å². The van der Waals surface area contributed by atoms with E-state index < -0.39 is 0 Å². The van der Waals surface area contributed by atoms with Crippen molar-refractivity contribution < 1.29 is 4.79 Å². The fourth-order valence-electron chi connectivity index (χ4n) is 3.94. The minimum atomic E-state index is -0.0776. The molecule has 1 aliphatic carbocycles. The summed E-state index contributed by atoms with van der Waals surface area (Å²) >= 11 is 0. The molecule has 1 fully saturated rings. The summed E-state index contributed by atoms with van der Waals surface area (Å²) in [6.07, 6.45) is 10.2. The molecule has 5 heteroatoms. The molecule has 0 atom stereocenters. The number of aromatic nitrogens is 2. The first-order chi connectivity index (χ1) is 13.6. The van der Waals surface area contributed by atoms with Gasteiger partial charge in [0.1, 0.15) is 11.3 Å². The van der Waals surface area contributed by atoms with E-state index in [0.29, 0.717) is 11.6 Å². The molecular weight excluding hydrogens is 348 g/mol. The van der Waals surface area contributed by atoms with Gasteiger partial charge in [-0.25, -0.2) is 4.98 Å². The zero-order valence-corrected chi connectivity index (χ0v) is 16.7. The average Bonchev–Trinajstić information content (AvgIpc) is 3.16. The Morgan fingerprint density at radius 1 is 1.04 bits per heavy atom. The number of anilines is 1. The lowest BCUT2D eigenvalue weighted by atomic mass is 9.89. The maximum atomic E-state index is 12.5. The molecule has 3 aromatic rings. The lowest BCUT2D eigenvalue weighted by Crippen LogP contribution is -2.30. The molecule has 1 amide bonds. The molecule has 0 radical (unpaired) electrons. The van der Waals surface area contributed by atoms with Crippen molar-refractivity contribution in [1.82, 2.24) is 14.7 Å². The zero-order valence-electron chi connectivity index (χ0n) is 16.7. The van der Waals surface area contributed by atoms with Crippen molar-refractivity contribution in [2.75, 3.05) is 25.5 Å². The van der Waals surface area contributed by atoms with E-state index in [-0.39, 0.29) is 5.91 Å². The molecule has 0 aliphatic heterocycles. The van der Waals surface area contributed by atoms with Crippen LogP contribution in [0.5, 0.6) is 0 Å². The Hall–Kier alpha value is -2.82. The van der Waals surface area contributed by atoms with Gasteiger partial charge in [0, 0.05) is 38.7 Å². The number of nitrogens with zero attached hydrogens (tertiary/aromatic N) is 3. The Morgan fingerprint density at radius 3 is 2.46 bits per heavy atom. The molecule has 4 rings (SSSR count). The van der Waals surface area contributed by atoms with E-state index in [9.17, 15) is 4.79 Å². The van der Waals surface area contributed by atoms with E-state index in [0.717, 1.165) is 23.3 Å². The largest absolute Gasteiger partial charge is 0.378 e. The zero-order chi connectivity index (χ0) is 19.5. The number of hydrogen-bond acceptors (Lipinski definition) is 3. The Bertz CT molecular complexity index is 952. The minimum Gasteiger partial charge on any atom is -0.378 e. The molecule has 28 heavy (non-hydrogen) atoms. The van der Waals surface area contributed by atoms with Crippen LogP contribution in [-0.2, 0) is 0 Å². The maximum Gasteiger partial charge on any atom is 0.271 e. The number of fused-ring (bicyclic) bond motifs is 1. The van der Waals surface area contributed by atoms with Crippen molar-refractivity contribution in [3.05, 3.63) is 54.5 Å². The molecule has 1 aromatic carbocycles. The van der Waals surface area contributed by atoms with Gasteiger partial charge in [-0.1, -0.05) is 31.4 Å². The molecular formula is C23H28N4O. The Kier molecular flexibility index (Phi) is 5.33. The van der Waals surface area contributed by atoms with Crippen molar-refractivity contribution in [2.24, 2.45) is 5.92 Å². The summed E-state index contributed by atoms with van der Waals surface area (Å²) in [6.45, 7) is 0.760. The molecule has 1 N–H and O–H groups in total. The number of carbonyl (C=O) groups is 1. The third kappa shape index (κ3) is 4.03. The summed E-state index contributed by atoms with van der Waals surface area (Å²) in [6, 6.07) is 12.5. The van der Waals surface area contributed by atoms with E-state index in [1.807, 2.05) is 37.0 Å². The lowest BCUT2D eigenvalue weighted by Gasteiger charge is -2.21. The van der Waals surface area contributed by atoms with Crippen LogP contribution >= 0.6 is 0 Å². The summed E-state index contributed by atoms with van der Waals surface area (Å²) in [7, 11) is 4.07. The van der Waals surface area contributed by atoms with Gasteiger partial charge >= 0.3 is 0 Å². The van der Waals surface area contributed by atoms with E-state index in [4.69, 9.17) is 0 Å². The van der Waals surface area contributed by atoms with E-state index in [1.54, 1.807) is 0 Å². The Labute approximate surface area is 166 Å². The normalized spacial score (nSPS) is 14.9. The number of benzene rings is 1. The average molecular weight is 377 g/mol. The predicted molar refractivity (Wildman–Crippen MR) is 114 cm³/mol. The number of amides is 1. The summed E-state index contributed by atoms with van der Waals surface area (Å²) in [5.41, 5.74) is 4.69. The fraction of sp³-hybridized carbons (Fsp3) is 0.391. The number of rotatable bonds is 5. The first kappa shape index (κ1) is 18.5. The third-order valence-electron chi connectivity index (χ3n) is 5.68. The van der Waals surface area contributed by atoms with Crippen LogP contribution in [0.3, 0.4) is 0 Å². The van der Waals surface area contributed by atoms with Gasteiger partial charge in [-0.15, -0.1) is 0 Å². The van der Waals surface area contributed by atoms with Crippen LogP contribution in [0.2, 0.25) is 0 Å². The second-order valence-electron chi connectivity index (χ2n) is 7.96. The number of pyridine rings is 1. The number of hydrogen-bond donors (Lipinski definition) is 1. The van der Waals surface area contributed by atoms with Crippen LogP contribution in [0, 0.1) is 5.92 Å². The quantitative estimate of drug-likeness (QED) is 0.719. The van der Waals surface area contributed by atoms with Crippen molar-refractivity contribution in [1.29, 1.82) is 0 Å². The molecule has 0 saturated heterocycles. The second-order valence-corrected chi connectivity index (χ2v) is 7.96. The first-order valence-corrected chi connectivity index (χ1v) is 10.1. The van der Waals surface area contributed by atoms with Crippen LogP contribution in [0.15, 0.2) is 48.8 Å². The lowest BCUT2D eigenvalue weighted by molar-refractivity contribution is 0.0939. The van der Waals surface area contributed by atoms with Crippen LogP contribution in [-0.4, -0.2) is 35.9 Å². The highest BCUT2D eigenvalue weighted by atomic mass is 16.1. The summed E-state index contributed by atoms with van der Waals surface area (Å²) in [5.74, 6) is 0.539. The molecule has 146 valence electrons. The standard InChI is InChI=1S/C23H28N4O/c1-26(2)20-11-8-18(9-12-20)19-10-13-22-25-21(16-27(22)15-19)23(28)24-14-17-6-4-3-5-7-17/h8-13,15-17H,3-7,14H2,1-2H3,(H,24,28). The molecule has 0 unspecified atom stereocenters. The van der Waals surface area contributed by atoms with Crippen molar-refractivity contribution in [2.45, 2.75) is 32.1 Å². The summed E-state index contributed by atoms with van der Waals surface area (Å²) < 4.78 is 1.94. The molecule has 1 aliphatic rings. The minimum absolute atomic E-state index is 0.0776. The van der Waals surface area contributed by atoms with Crippen LogP contribution in [0.25, 0.3) is 16.8 Å². The molecule has 2 aromatic heterocycles. The topological polar surface area (TPSA) is 49.6 Å². The highest BCUT2D eigenvalue weighted by Crippen LogP contribution is 2.24. The van der Waals surface area contributed by atoms with E-state index in [1.165, 1.54) is 37.8 Å². The van der Waals surface area contributed by atoms with Crippen LogP contribution in [0.1, 0.15) is 42.6 Å². The van der Waals surface area contributed by atoms with Gasteiger partial charge in [-0.05, 0) is 54.2 Å². The SMILES string of the molecule is CN(C)c1ccc(-c2ccc3nc(C(=O)NCC4CCCCC4)cn3c2)cc1. The van der Waals surface area contributed by atoms with Gasteiger partial charge in [0.05, 0.1) is 0 Å². The Balaban J connectivity index is 1.48. The first-order valence-electron chi connectivity index (χ1n) is 10.1. The molecule has 0 spiro atoms. The van der Waals surface area contributed by atoms with Gasteiger partial charge in [0.15, 0.2) is 0 Å². The smallest absolute Gasteiger partial charge is 0.271 e. The summed E-state index contributed by atoms with van der Waals surface area (Å²) in [5, 5.41) is 3.07. The molecule has 2 heterocycles. The highest BCUT2D eigenvalue weighted by Gasteiger charge is 2.16. The van der Waals surface area contributed by atoms with Crippen molar-refractivity contribution in [3.63, 3.8) is 0 Å². The summed E-state index contributed by atoms with van der Waals surface area (Å²) in [4.78, 5) is 19.1. The molecule has 5 nitrogen and oxygen atoms in total. The third-order valence-corrected chi connectivity index (χ3v) is 5.68. The second kappa shape index (κ2) is 8.05.